The number of anilines is 1. The Bertz CT molecular complexity index is 1190. The summed E-state index contributed by atoms with van der Waals surface area (Å²) in [4.78, 5) is 27.9. The molecule has 0 saturated carbocycles. The van der Waals surface area contributed by atoms with Crippen LogP contribution in [0.5, 0.6) is 0 Å². The molecule has 1 N–H and O–H groups in total. The summed E-state index contributed by atoms with van der Waals surface area (Å²) < 4.78 is 65.3. The van der Waals surface area contributed by atoms with Crippen molar-refractivity contribution in [3.63, 3.8) is 0 Å². The molecule has 0 fully saturated rings. The average molecular weight is 570 g/mol. The molecule has 0 aliphatic heterocycles. The van der Waals surface area contributed by atoms with Crippen LogP contribution in [0.4, 0.5) is 18.9 Å². The number of nitrogens with zero attached hydrogens (tertiary/aromatic N) is 2. The molecule has 0 bridgehead atoms. The van der Waals surface area contributed by atoms with E-state index in [-0.39, 0.29) is 42.8 Å². The predicted molar refractivity (Wildman–Crippen MR) is 147 cm³/mol. The molecule has 2 amide bonds. The molecule has 0 radical (unpaired) electrons. The van der Waals surface area contributed by atoms with E-state index in [0.717, 1.165) is 34.3 Å². The fourth-order valence-corrected chi connectivity index (χ4v) is 5.12. The number of hydrogen-bond donors (Lipinski definition) is 1. The van der Waals surface area contributed by atoms with Gasteiger partial charge in [-0.25, -0.2) is 8.42 Å². The van der Waals surface area contributed by atoms with E-state index in [0.29, 0.717) is 25.9 Å². The van der Waals surface area contributed by atoms with Gasteiger partial charge in [0.25, 0.3) is 0 Å². The number of sulfonamides is 1. The fraction of sp³-hybridized carbons (Fsp3) is 0.500. The number of benzene rings is 2. The summed E-state index contributed by atoms with van der Waals surface area (Å²) in [7, 11) is -3.92. The van der Waals surface area contributed by atoms with E-state index in [1.54, 1.807) is 0 Å². The zero-order valence-electron chi connectivity index (χ0n) is 22.9. The number of alkyl halides is 3. The van der Waals surface area contributed by atoms with Gasteiger partial charge < -0.3 is 10.2 Å². The monoisotopic (exact) mass is 569 g/mol. The van der Waals surface area contributed by atoms with Gasteiger partial charge in [-0.05, 0) is 48.9 Å². The highest BCUT2D eigenvalue weighted by molar-refractivity contribution is 7.92. The number of halogens is 3. The zero-order valence-corrected chi connectivity index (χ0v) is 23.7. The van der Waals surface area contributed by atoms with Gasteiger partial charge in [0.05, 0.1) is 17.5 Å². The lowest BCUT2D eigenvalue weighted by Gasteiger charge is -2.31. The van der Waals surface area contributed by atoms with Crippen molar-refractivity contribution in [2.45, 2.75) is 58.7 Å². The Labute approximate surface area is 229 Å². The van der Waals surface area contributed by atoms with E-state index < -0.39 is 27.8 Å². The largest absolute Gasteiger partial charge is 0.416 e. The second-order valence-corrected chi connectivity index (χ2v) is 11.8. The van der Waals surface area contributed by atoms with Crippen molar-refractivity contribution < 1.29 is 31.2 Å². The molecule has 7 nitrogen and oxygen atoms in total. The van der Waals surface area contributed by atoms with Crippen LogP contribution in [0.1, 0.15) is 51.2 Å². The second kappa shape index (κ2) is 14.3. The fourth-order valence-electron chi connectivity index (χ4n) is 4.16. The van der Waals surface area contributed by atoms with Gasteiger partial charge in [0.1, 0.15) is 6.04 Å². The van der Waals surface area contributed by atoms with Crippen molar-refractivity contribution in [2.75, 3.05) is 30.2 Å². The van der Waals surface area contributed by atoms with Crippen LogP contribution in [-0.2, 0) is 32.2 Å². The molecule has 39 heavy (non-hydrogen) atoms. The minimum absolute atomic E-state index is 0.0635. The first-order valence-corrected chi connectivity index (χ1v) is 14.8. The van der Waals surface area contributed by atoms with E-state index in [1.807, 2.05) is 51.1 Å². The van der Waals surface area contributed by atoms with Crippen LogP contribution < -0.4 is 9.62 Å². The molecule has 0 aromatic heterocycles. The highest BCUT2D eigenvalue weighted by atomic mass is 32.2. The third-order valence-electron chi connectivity index (χ3n) is 6.17. The summed E-state index contributed by atoms with van der Waals surface area (Å²) in [6, 6.07) is 12.9. The van der Waals surface area contributed by atoms with Crippen molar-refractivity contribution in [3.05, 3.63) is 65.7 Å². The molecule has 0 aliphatic rings. The van der Waals surface area contributed by atoms with Crippen molar-refractivity contribution >= 4 is 27.5 Å². The van der Waals surface area contributed by atoms with Crippen LogP contribution in [-0.4, -0.2) is 57.1 Å². The Morgan fingerprint density at radius 1 is 1.00 bits per heavy atom. The molecule has 0 aliphatic carbocycles. The summed E-state index contributed by atoms with van der Waals surface area (Å²) in [6.07, 6.45) is -2.81. The topological polar surface area (TPSA) is 86.8 Å². The quantitative estimate of drug-likeness (QED) is 0.352. The van der Waals surface area contributed by atoms with Crippen molar-refractivity contribution in [3.8, 4) is 0 Å². The Kier molecular flexibility index (Phi) is 11.8. The molecule has 0 heterocycles. The van der Waals surface area contributed by atoms with E-state index in [4.69, 9.17) is 0 Å². The Balaban J connectivity index is 2.20. The van der Waals surface area contributed by atoms with E-state index >= 15 is 0 Å². The van der Waals surface area contributed by atoms with Crippen molar-refractivity contribution in [1.82, 2.24) is 10.2 Å². The van der Waals surface area contributed by atoms with E-state index in [1.165, 1.54) is 11.0 Å². The van der Waals surface area contributed by atoms with Gasteiger partial charge in [-0.3, -0.25) is 13.9 Å². The van der Waals surface area contributed by atoms with Gasteiger partial charge >= 0.3 is 6.18 Å². The summed E-state index contributed by atoms with van der Waals surface area (Å²) in [6.45, 7) is 6.33. The van der Waals surface area contributed by atoms with Crippen LogP contribution in [0.25, 0.3) is 0 Å². The normalized spacial score (nSPS) is 12.7. The molecule has 216 valence electrons. The van der Waals surface area contributed by atoms with Crippen LogP contribution >= 0.6 is 0 Å². The molecule has 0 spiro atoms. The van der Waals surface area contributed by atoms with Crippen LogP contribution in [0.2, 0.25) is 0 Å². The second-order valence-electron chi connectivity index (χ2n) is 9.87. The maximum Gasteiger partial charge on any atom is 0.416 e. The smallest absolute Gasteiger partial charge is 0.354 e. The lowest BCUT2D eigenvalue weighted by atomic mass is 10.1. The minimum atomic E-state index is -4.63. The van der Waals surface area contributed by atoms with E-state index in [9.17, 15) is 31.2 Å². The SMILES string of the molecule is CC[C@@H](C(=O)NCC(C)C)N(CCc1ccccc1)C(=O)CCCN(c1cccc(C(F)(F)F)c1)S(C)(=O)=O. The van der Waals surface area contributed by atoms with Crippen molar-refractivity contribution in [1.29, 1.82) is 0 Å². The number of amides is 2. The first kappa shape index (κ1) is 32.1. The predicted octanol–water partition coefficient (Wildman–Crippen LogP) is 4.87. The Morgan fingerprint density at radius 3 is 2.23 bits per heavy atom. The summed E-state index contributed by atoms with van der Waals surface area (Å²) >= 11 is 0. The molecule has 0 unspecified atom stereocenters. The molecular weight excluding hydrogens is 531 g/mol. The van der Waals surface area contributed by atoms with E-state index in [2.05, 4.69) is 5.32 Å². The van der Waals surface area contributed by atoms with Gasteiger partial charge in [-0.2, -0.15) is 13.2 Å². The molecule has 1 atom stereocenters. The molecule has 2 aromatic rings. The third-order valence-corrected chi connectivity index (χ3v) is 7.36. The average Bonchev–Trinajstić information content (AvgIpc) is 2.87. The lowest BCUT2D eigenvalue weighted by Crippen LogP contribution is -2.50. The number of carbonyl (C=O) groups is 2. The highest BCUT2D eigenvalue weighted by Crippen LogP contribution is 2.32. The van der Waals surface area contributed by atoms with Crippen LogP contribution in [0.15, 0.2) is 54.6 Å². The number of nitrogens with one attached hydrogen (secondary N) is 1. The third kappa shape index (κ3) is 10.2. The summed E-state index contributed by atoms with van der Waals surface area (Å²) in [5.74, 6) is -0.345. The lowest BCUT2D eigenvalue weighted by molar-refractivity contribution is -0.140. The number of carbonyl (C=O) groups excluding carboxylic acids is 2. The number of hydrogen-bond acceptors (Lipinski definition) is 4. The molecule has 0 saturated heterocycles. The van der Waals surface area contributed by atoms with Crippen LogP contribution in [0, 0.1) is 5.92 Å². The highest BCUT2D eigenvalue weighted by Gasteiger charge is 2.32. The van der Waals surface area contributed by atoms with Crippen LogP contribution in [0.3, 0.4) is 0 Å². The maximum atomic E-state index is 13.4. The molecular formula is C28H38F3N3O4S. The summed E-state index contributed by atoms with van der Waals surface area (Å²) in [5, 5.41) is 2.89. The molecule has 2 aromatic carbocycles. The maximum absolute atomic E-state index is 13.4. The number of rotatable bonds is 14. The molecule has 11 heteroatoms. The standard InChI is InChI=1S/C28H38F3N3O4S/c1-5-25(27(36)32-20-21(2)3)33(18-16-22-11-7-6-8-12-22)26(35)15-10-17-34(39(4,37)38)24-14-9-13-23(19-24)28(29,30)31/h6-9,11-14,19,21,25H,5,10,15-18,20H2,1-4H3,(H,32,36)/t25-/m0/s1. The van der Waals surface area contributed by atoms with Gasteiger partial charge in [0.15, 0.2) is 0 Å². The first-order valence-electron chi connectivity index (χ1n) is 13.0. The Hall–Kier alpha value is -3.08. The van der Waals surface area contributed by atoms with Gasteiger partial charge in [-0.15, -0.1) is 0 Å². The Morgan fingerprint density at radius 2 is 1.67 bits per heavy atom. The first-order chi connectivity index (χ1) is 18.2. The minimum Gasteiger partial charge on any atom is -0.354 e. The summed E-state index contributed by atoms with van der Waals surface area (Å²) in [5.41, 5.74) is -0.0873. The van der Waals surface area contributed by atoms with Gasteiger partial charge in [0, 0.05) is 26.1 Å². The van der Waals surface area contributed by atoms with Gasteiger partial charge in [-0.1, -0.05) is 57.2 Å². The molecule has 2 rings (SSSR count). The zero-order chi connectivity index (χ0) is 29.2. The van der Waals surface area contributed by atoms with Crippen molar-refractivity contribution in [2.24, 2.45) is 5.92 Å². The van der Waals surface area contributed by atoms with Gasteiger partial charge in [0.2, 0.25) is 21.8 Å².